The third kappa shape index (κ3) is 6.21. The van der Waals surface area contributed by atoms with E-state index in [2.05, 4.69) is 54.6 Å². The Bertz CT molecular complexity index is 1010. The molecule has 0 aromatic heterocycles. The Morgan fingerprint density at radius 3 is 1.60 bits per heavy atom. The molecule has 0 saturated heterocycles. The zero-order chi connectivity index (χ0) is 20.6. The molecule has 30 heavy (non-hydrogen) atoms. The molecule has 0 fully saturated rings. The van der Waals surface area contributed by atoms with Gasteiger partial charge in [0.1, 0.15) is 5.78 Å². The van der Waals surface area contributed by atoms with E-state index >= 15 is 0 Å². The summed E-state index contributed by atoms with van der Waals surface area (Å²) in [5.74, 6) is 0.257. The van der Waals surface area contributed by atoms with Crippen LogP contribution in [0.1, 0.15) is 34.6 Å². The van der Waals surface area contributed by atoms with Gasteiger partial charge in [-0.1, -0.05) is 66.2 Å². The van der Waals surface area contributed by atoms with Crippen LogP contribution in [-0.4, -0.2) is 11.6 Å². The molecule has 4 rings (SSSR count). The van der Waals surface area contributed by atoms with Crippen LogP contribution in [0.15, 0.2) is 103 Å². The van der Waals surface area contributed by atoms with Gasteiger partial charge in [-0.2, -0.15) is 20.1 Å². The maximum absolute atomic E-state index is 11.6. The second-order valence-electron chi connectivity index (χ2n) is 6.65. The summed E-state index contributed by atoms with van der Waals surface area (Å²) in [5, 5.41) is 3.84. The van der Waals surface area contributed by atoms with Crippen molar-refractivity contribution in [3.8, 4) is 0 Å². The topological polar surface area (TPSA) is 34.1 Å². The van der Waals surface area contributed by atoms with Gasteiger partial charge >= 0.3 is 0 Å². The molecule has 158 valence electrons. The molecule has 0 N–H and O–H groups in total. The van der Waals surface area contributed by atoms with Crippen LogP contribution in [0.2, 0.25) is 0 Å². The summed E-state index contributed by atoms with van der Waals surface area (Å²) in [4.78, 5) is 22.1. The molecule has 4 aromatic rings. The van der Waals surface area contributed by atoms with Gasteiger partial charge in [-0.25, -0.2) is 12.1 Å². The molecule has 4 heteroatoms. The van der Waals surface area contributed by atoms with E-state index in [1.165, 1.54) is 15.9 Å². The fourth-order valence-corrected chi connectivity index (χ4v) is 5.33. The number of Topliss-reactive ketones (excluding diaryl/α,β-unsaturated/α-hetero) is 2. The van der Waals surface area contributed by atoms with Gasteiger partial charge in [0, 0.05) is 17.1 Å². The summed E-state index contributed by atoms with van der Waals surface area (Å²) in [5.41, 5.74) is 1.59. The summed E-state index contributed by atoms with van der Waals surface area (Å²) in [7, 11) is -0.602. The molecular formula is C26H23FeO2P-6. The molecule has 0 aliphatic rings. The van der Waals surface area contributed by atoms with Crippen molar-refractivity contribution in [3.63, 3.8) is 0 Å². The van der Waals surface area contributed by atoms with Gasteiger partial charge in [0.15, 0.2) is 0 Å². The van der Waals surface area contributed by atoms with Crippen LogP contribution in [0, 0.1) is 0 Å². The number of hydrogen-bond donors (Lipinski definition) is 0. The molecule has 0 amide bonds. The van der Waals surface area contributed by atoms with Crippen molar-refractivity contribution in [2.75, 3.05) is 0 Å². The van der Waals surface area contributed by atoms with Gasteiger partial charge in [0.25, 0.3) is 0 Å². The predicted molar refractivity (Wildman–Crippen MR) is 123 cm³/mol. The van der Waals surface area contributed by atoms with Crippen LogP contribution in [0.4, 0.5) is 0 Å². The van der Waals surface area contributed by atoms with E-state index < -0.39 is 7.92 Å². The van der Waals surface area contributed by atoms with E-state index in [9.17, 15) is 9.59 Å². The molecule has 0 heterocycles. The Hall–Kier alpha value is -2.57. The number of carbonyl (C=O) groups is 2. The molecule has 0 radical (unpaired) electrons. The molecule has 0 aliphatic heterocycles. The molecule has 0 bridgehead atoms. The first-order valence-corrected chi connectivity index (χ1v) is 10.8. The molecule has 0 spiro atoms. The summed E-state index contributed by atoms with van der Waals surface area (Å²) in [6, 6.07) is 34.4. The Labute approximate surface area is 189 Å². The standard InChI is InChI=1S/C19H16OP.C7H7O.Fe/c1-15(20)16-12-13-19(14-16)21(17-8-4-2-5-9-17)18-10-6-3-7-11-18;1-6(8)7-4-2-3-5-7;/h2-14H,1H3;2-5H,1H3;/q-5;-1;. The van der Waals surface area contributed by atoms with Gasteiger partial charge in [-0.15, -0.1) is 6.92 Å². The molecule has 4 aromatic carbocycles. The van der Waals surface area contributed by atoms with Crippen LogP contribution < -0.4 is 15.9 Å². The monoisotopic (exact) mass is 454 g/mol. The third-order valence-electron chi connectivity index (χ3n) is 4.50. The summed E-state index contributed by atoms with van der Waals surface area (Å²) >= 11 is 0. The van der Waals surface area contributed by atoms with Crippen molar-refractivity contribution in [2.24, 2.45) is 0 Å². The number of hydrogen-bond acceptors (Lipinski definition) is 2. The Morgan fingerprint density at radius 2 is 1.23 bits per heavy atom. The molecule has 0 aliphatic carbocycles. The van der Waals surface area contributed by atoms with Crippen LogP contribution in [0.3, 0.4) is 0 Å². The average Bonchev–Trinajstić information content (AvgIpc) is 3.43. The fourth-order valence-electron chi connectivity index (χ4n) is 3.00. The molecular weight excluding hydrogens is 431 g/mol. The van der Waals surface area contributed by atoms with E-state index in [0.717, 1.165) is 11.1 Å². The van der Waals surface area contributed by atoms with Gasteiger partial charge in [-0.3, -0.25) is 5.78 Å². The number of ketones is 2. The first-order valence-electron chi connectivity index (χ1n) is 9.47. The van der Waals surface area contributed by atoms with E-state index in [-0.39, 0.29) is 28.6 Å². The van der Waals surface area contributed by atoms with Gasteiger partial charge in [0.2, 0.25) is 0 Å². The van der Waals surface area contributed by atoms with Gasteiger partial charge < -0.3 is 38.7 Å². The van der Waals surface area contributed by atoms with Crippen molar-refractivity contribution in [2.45, 2.75) is 13.8 Å². The minimum absolute atomic E-state index is 0. The number of rotatable bonds is 5. The fraction of sp³-hybridized carbons (Fsp3) is 0.0769. The van der Waals surface area contributed by atoms with Crippen molar-refractivity contribution < 1.29 is 26.7 Å². The quantitative estimate of drug-likeness (QED) is 0.185. The second-order valence-corrected chi connectivity index (χ2v) is 8.87. The largest absolute Gasteiger partial charge is 0.718 e. The summed E-state index contributed by atoms with van der Waals surface area (Å²) in [6.07, 6.45) is 0. The molecule has 0 atom stereocenters. The predicted octanol–water partition coefficient (Wildman–Crippen LogP) is 4.97. The Morgan fingerprint density at radius 1 is 0.733 bits per heavy atom. The van der Waals surface area contributed by atoms with E-state index in [4.69, 9.17) is 0 Å². The van der Waals surface area contributed by atoms with Crippen LogP contribution >= 0.6 is 7.92 Å². The van der Waals surface area contributed by atoms with E-state index in [1.54, 1.807) is 13.8 Å². The van der Waals surface area contributed by atoms with Crippen molar-refractivity contribution in [1.82, 2.24) is 0 Å². The molecule has 0 unspecified atom stereocenters. The smallest absolute Gasteiger partial charge is 0.105 e. The SMILES string of the molecule is CC(=O)[c-]1[cH-][cH-][c-](P(c2ccccc2)c2ccccc2)[cH-]1.CC(=O)[c-]1cccc1.[Fe]. The zero-order valence-corrected chi connectivity index (χ0v) is 18.9. The Kier molecular flexibility index (Phi) is 9.14. The van der Waals surface area contributed by atoms with Crippen LogP contribution in [0.25, 0.3) is 0 Å². The molecule has 0 saturated carbocycles. The van der Waals surface area contributed by atoms with Crippen LogP contribution in [0.5, 0.6) is 0 Å². The van der Waals surface area contributed by atoms with Crippen molar-refractivity contribution in [1.29, 1.82) is 0 Å². The first kappa shape index (κ1) is 23.7. The van der Waals surface area contributed by atoms with Crippen molar-refractivity contribution >= 4 is 35.4 Å². The normalized spacial score (nSPS) is 9.97. The van der Waals surface area contributed by atoms with Gasteiger partial charge in [-0.05, 0) is 17.5 Å². The third-order valence-corrected chi connectivity index (χ3v) is 6.92. The molecule has 2 nitrogen and oxygen atoms in total. The average molecular weight is 454 g/mol. The van der Waals surface area contributed by atoms with E-state index in [1.807, 2.05) is 48.5 Å². The summed E-state index contributed by atoms with van der Waals surface area (Å²) < 4.78 is 0. The van der Waals surface area contributed by atoms with Crippen molar-refractivity contribution in [3.05, 3.63) is 114 Å². The first-order chi connectivity index (χ1) is 14.1. The zero-order valence-electron chi connectivity index (χ0n) is 16.9. The Balaban J connectivity index is 0.000000302. The van der Waals surface area contributed by atoms with E-state index in [0.29, 0.717) is 0 Å². The van der Waals surface area contributed by atoms with Gasteiger partial charge in [0.05, 0.1) is 0 Å². The maximum atomic E-state index is 11.6. The maximum Gasteiger partial charge on any atom is 0.105 e. The van der Waals surface area contributed by atoms with Crippen LogP contribution in [-0.2, 0) is 17.1 Å². The minimum Gasteiger partial charge on any atom is -0.718 e. The number of benzene rings is 2. The minimum atomic E-state index is -0.602. The second kappa shape index (κ2) is 11.6. The summed E-state index contributed by atoms with van der Waals surface area (Å²) in [6.45, 7) is 3.18. The number of carbonyl (C=O) groups excluding carboxylic acids is 2.